The lowest BCUT2D eigenvalue weighted by Crippen LogP contribution is -2.36. The fraction of sp³-hybridized carbons (Fsp3) is 0.444. The molecule has 1 fully saturated rings. The molecule has 0 aliphatic heterocycles. The molecule has 1 saturated carbocycles. The SMILES string of the molecule is CC(C)OCC(O)CN(Cc1c(-c2ccccc2)nn(C)c1Oc1ccccc1F)CC1CC1. The van der Waals surface area contributed by atoms with Gasteiger partial charge in [0.25, 0.3) is 0 Å². The number of para-hydroxylation sites is 1. The third-order valence-corrected chi connectivity index (χ3v) is 5.86. The number of rotatable bonds is 12. The largest absolute Gasteiger partial charge is 0.436 e. The van der Waals surface area contributed by atoms with Crippen molar-refractivity contribution >= 4 is 0 Å². The van der Waals surface area contributed by atoms with Crippen LogP contribution in [0.4, 0.5) is 4.39 Å². The van der Waals surface area contributed by atoms with E-state index in [1.54, 1.807) is 22.9 Å². The molecule has 3 aromatic rings. The molecule has 34 heavy (non-hydrogen) atoms. The normalized spacial score (nSPS) is 14.7. The number of benzene rings is 2. The number of hydrogen-bond acceptors (Lipinski definition) is 5. The molecule has 1 aliphatic carbocycles. The zero-order chi connectivity index (χ0) is 24.1. The van der Waals surface area contributed by atoms with Crippen molar-refractivity contribution < 1.29 is 19.0 Å². The van der Waals surface area contributed by atoms with Gasteiger partial charge in [0.2, 0.25) is 5.88 Å². The zero-order valence-corrected chi connectivity index (χ0v) is 20.2. The molecule has 0 spiro atoms. The number of aryl methyl sites for hydroxylation is 1. The Kier molecular flexibility index (Phi) is 7.98. The standard InChI is InChI=1S/C27H34FN3O3/c1-19(2)33-18-22(32)16-31(15-20-13-14-20)17-23-26(21-9-5-4-6-10-21)29-30(3)27(23)34-25-12-8-7-11-24(25)28/h4-12,19-20,22,32H,13-18H2,1-3H3. The van der Waals surface area contributed by atoms with Crippen molar-refractivity contribution in [2.24, 2.45) is 13.0 Å². The molecule has 0 amide bonds. The monoisotopic (exact) mass is 467 g/mol. The van der Waals surface area contributed by atoms with Crippen molar-refractivity contribution in [2.75, 3.05) is 19.7 Å². The second-order valence-electron chi connectivity index (χ2n) is 9.33. The number of halogens is 1. The zero-order valence-electron chi connectivity index (χ0n) is 20.2. The van der Waals surface area contributed by atoms with Gasteiger partial charge in [0, 0.05) is 32.2 Å². The topological polar surface area (TPSA) is 59.8 Å². The molecule has 0 saturated heterocycles. The third kappa shape index (κ3) is 6.44. The predicted octanol–water partition coefficient (Wildman–Crippen LogP) is 5.02. The Morgan fingerprint density at radius 1 is 1.12 bits per heavy atom. The molecule has 1 heterocycles. The van der Waals surface area contributed by atoms with E-state index in [2.05, 4.69) is 4.90 Å². The molecule has 2 aromatic carbocycles. The van der Waals surface area contributed by atoms with Gasteiger partial charge in [-0.25, -0.2) is 9.07 Å². The summed E-state index contributed by atoms with van der Waals surface area (Å²) in [6.45, 7) is 6.09. The van der Waals surface area contributed by atoms with E-state index in [1.807, 2.05) is 51.2 Å². The summed E-state index contributed by atoms with van der Waals surface area (Å²) in [4.78, 5) is 2.24. The highest BCUT2D eigenvalue weighted by atomic mass is 19.1. The summed E-state index contributed by atoms with van der Waals surface area (Å²) in [6.07, 6.45) is 1.86. The highest BCUT2D eigenvalue weighted by Crippen LogP contribution is 2.36. The number of nitrogens with zero attached hydrogens (tertiary/aromatic N) is 3. The Morgan fingerprint density at radius 2 is 1.82 bits per heavy atom. The summed E-state index contributed by atoms with van der Waals surface area (Å²) in [6, 6.07) is 16.3. The molecule has 1 atom stereocenters. The first kappa shape index (κ1) is 24.4. The lowest BCUT2D eigenvalue weighted by molar-refractivity contribution is -0.0101. The number of aliphatic hydroxyl groups excluding tert-OH is 1. The molecule has 1 N–H and O–H groups in total. The smallest absolute Gasteiger partial charge is 0.222 e. The molecular weight excluding hydrogens is 433 g/mol. The van der Waals surface area contributed by atoms with Crippen LogP contribution < -0.4 is 4.74 Å². The maximum atomic E-state index is 14.4. The third-order valence-electron chi connectivity index (χ3n) is 5.86. The molecular formula is C27H34FN3O3. The Hall–Kier alpha value is -2.74. The van der Waals surface area contributed by atoms with E-state index in [9.17, 15) is 9.50 Å². The molecule has 0 radical (unpaired) electrons. The highest BCUT2D eigenvalue weighted by molar-refractivity contribution is 5.65. The maximum absolute atomic E-state index is 14.4. The average Bonchev–Trinajstić information content (AvgIpc) is 3.58. The molecule has 182 valence electrons. The summed E-state index contributed by atoms with van der Waals surface area (Å²) in [5.74, 6) is 0.862. The van der Waals surface area contributed by atoms with Gasteiger partial charge < -0.3 is 14.6 Å². The summed E-state index contributed by atoms with van der Waals surface area (Å²) in [7, 11) is 1.81. The van der Waals surface area contributed by atoms with E-state index in [4.69, 9.17) is 14.6 Å². The van der Waals surface area contributed by atoms with Crippen LogP contribution in [-0.4, -0.2) is 51.7 Å². The van der Waals surface area contributed by atoms with Gasteiger partial charge in [0.05, 0.1) is 24.4 Å². The van der Waals surface area contributed by atoms with Crippen molar-refractivity contribution in [1.82, 2.24) is 14.7 Å². The van der Waals surface area contributed by atoms with E-state index in [0.717, 1.165) is 23.4 Å². The Morgan fingerprint density at radius 3 is 2.50 bits per heavy atom. The average molecular weight is 468 g/mol. The summed E-state index contributed by atoms with van der Waals surface area (Å²) in [5.41, 5.74) is 2.63. The first-order valence-electron chi connectivity index (χ1n) is 12.0. The van der Waals surface area contributed by atoms with Crippen molar-refractivity contribution in [2.45, 2.75) is 45.4 Å². The van der Waals surface area contributed by atoms with Gasteiger partial charge in [-0.1, -0.05) is 42.5 Å². The minimum atomic E-state index is -0.603. The van der Waals surface area contributed by atoms with Gasteiger partial charge in [-0.15, -0.1) is 0 Å². The molecule has 1 unspecified atom stereocenters. The molecule has 6 nitrogen and oxygen atoms in total. The lowest BCUT2D eigenvalue weighted by Gasteiger charge is -2.26. The number of aromatic nitrogens is 2. The number of ether oxygens (including phenoxy) is 2. The van der Waals surface area contributed by atoms with Crippen LogP contribution in [0.5, 0.6) is 11.6 Å². The van der Waals surface area contributed by atoms with Gasteiger partial charge in [-0.3, -0.25) is 4.90 Å². The molecule has 1 aromatic heterocycles. The van der Waals surface area contributed by atoms with E-state index in [-0.39, 0.29) is 18.5 Å². The Bertz CT molecular complexity index is 1070. The second kappa shape index (κ2) is 11.1. The minimum Gasteiger partial charge on any atom is -0.436 e. The van der Waals surface area contributed by atoms with E-state index >= 15 is 0 Å². The van der Waals surface area contributed by atoms with Crippen molar-refractivity contribution in [3.8, 4) is 22.9 Å². The van der Waals surface area contributed by atoms with Crippen LogP contribution in [0.25, 0.3) is 11.3 Å². The molecule has 1 aliphatic rings. The first-order chi connectivity index (χ1) is 16.4. The van der Waals surface area contributed by atoms with Crippen molar-refractivity contribution in [3.63, 3.8) is 0 Å². The molecule has 7 heteroatoms. The minimum absolute atomic E-state index is 0.0651. The quantitative estimate of drug-likeness (QED) is 0.406. The maximum Gasteiger partial charge on any atom is 0.222 e. The van der Waals surface area contributed by atoms with E-state index in [0.29, 0.717) is 24.9 Å². The van der Waals surface area contributed by atoms with E-state index in [1.165, 1.54) is 18.9 Å². The molecule has 0 bridgehead atoms. The number of hydrogen-bond donors (Lipinski definition) is 1. The van der Waals surface area contributed by atoms with Crippen LogP contribution in [0.1, 0.15) is 32.3 Å². The molecule has 4 rings (SSSR count). The highest BCUT2D eigenvalue weighted by Gasteiger charge is 2.29. The summed E-state index contributed by atoms with van der Waals surface area (Å²) >= 11 is 0. The van der Waals surface area contributed by atoms with Crippen molar-refractivity contribution in [3.05, 3.63) is 66.0 Å². The predicted molar refractivity (Wildman–Crippen MR) is 130 cm³/mol. The first-order valence-corrected chi connectivity index (χ1v) is 12.0. The number of aliphatic hydroxyl groups is 1. The van der Waals surface area contributed by atoms with Crippen molar-refractivity contribution in [1.29, 1.82) is 0 Å². The Balaban J connectivity index is 1.65. The van der Waals surface area contributed by atoms with Crippen LogP contribution in [0.15, 0.2) is 54.6 Å². The summed E-state index contributed by atoms with van der Waals surface area (Å²) < 4.78 is 27.8. The van der Waals surface area contributed by atoms with Crippen LogP contribution in [0, 0.1) is 11.7 Å². The van der Waals surface area contributed by atoms with Gasteiger partial charge in [-0.2, -0.15) is 5.10 Å². The van der Waals surface area contributed by atoms with Crippen LogP contribution in [0.3, 0.4) is 0 Å². The fourth-order valence-electron chi connectivity index (χ4n) is 4.03. The van der Waals surface area contributed by atoms with Gasteiger partial charge >= 0.3 is 0 Å². The fourth-order valence-corrected chi connectivity index (χ4v) is 4.03. The Labute approximate surface area is 200 Å². The van der Waals surface area contributed by atoms with Crippen LogP contribution in [-0.2, 0) is 18.3 Å². The second-order valence-corrected chi connectivity index (χ2v) is 9.33. The summed E-state index contributed by atoms with van der Waals surface area (Å²) in [5, 5.41) is 15.4. The van der Waals surface area contributed by atoms with Crippen LogP contribution >= 0.6 is 0 Å². The van der Waals surface area contributed by atoms with Gasteiger partial charge in [0.1, 0.15) is 5.69 Å². The van der Waals surface area contributed by atoms with E-state index < -0.39 is 11.9 Å². The van der Waals surface area contributed by atoms with Gasteiger partial charge in [-0.05, 0) is 44.7 Å². The van der Waals surface area contributed by atoms with Gasteiger partial charge in [0.15, 0.2) is 11.6 Å². The van der Waals surface area contributed by atoms with Crippen LogP contribution in [0.2, 0.25) is 0 Å². The lowest BCUT2D eigenvalue weighted by atomic mass is 10.1.